The van der Waals surface area contributed by atoms with Crippen molar-refractivity contribution in [3.05, 3.63) is 34.9 Å². The number of alkyl halides is 3. The number of carbonyl (C=O) groups is 1. The average Bonchev–Trinajstić information content (AvgIpc) is 2.79. The Bertz CT molecular complexity index is 604. The average molecular weight is 337 g/mol. The maximum Gasteiger partial charge on any atom is 0.439 e. The summed E-state index contributed by atoms with van der Waals surface area (Å²) in [6, 6.07) is 5.84. The topological polar surface area (TPSA) is 62.1 Å². The predicted octanol–water partition coefficient (Wildman–Crippen LogP) is 3.16. The first-order valence-corrected chi connectivity index (χ1v) is 6.66. The minimum Gasteiger partial charge on any atom is -0.448 e. The molecule has 0 radical (unpaired) electrons. The van der Waals surface area contributed by atoms with E-state index >= 15 is 0 Å². The van der Waals surface area contributed by atoms with Crippen molar-refractivity contribution in [3.63, 3.8) is 0 Å². The van der Waals surface area contributed by atoms with Crippen LogP contribution in [0.3, 0.4) is 0 Å². The van der Waals surface area contributed by atoms with Gasteiger partial charge in [-0.15, -0.1) is 0 Å². The Kier molecular flexibility index (Phi) is 4.35. The maximum absolute atomic E-state index is 13.2. The number of aliphatic hydroxyl groups is 1. The lowest BCUT2D eigenvalue weighted by Crippen LogP contribution is -2.56. The summed E-state index contributed by atoms with van der Waals surface area (Å²) in [5, 5.41) is 13.8. The van der Waals surface area contributed by atoms with Crippen molar-refractivity contribution >= 4 is 23.4 Å². The third kappa shape index (κ3) is 2.89. The first-order valence-electron chi connectivity index (χ1n) is 6.28. The summed E-state index contributed by atoms with van der Waals surface area (Å²) >= 11 is 5.71. The fourth-order valence-electron chi connectivity index (χ4n) is 1.95. The van der Waals surface area contributed by atoms with Crippen molar-refractivity contribution in [1.82, 2.24) is 5.01 Å². The molecule has 1 N–H and O–H groups in total. The van der Waals surface area contributed by atoms with Crippen LogP contribution in [0.2, 0.25) is 5.02 Å². The highest BCUT2D eigenvalue weighted by Crippen LogP contribution is 2.41. The van der Waals surface area contributed by atoms with Gasteiger partial charge in [-0.1, -0.05) is 23.7 Å². The summed E-state index contributed by atoms with van der Waals surface area (Å²) < 4.78 is 44.0. The molecule has 0 unspecified atom stereocenters. The van der Waals surface area contributed by atoms with Crippen molar-refractivity contribution in [2.45, 2.75) is 25.2 Å². The highest BCUT2D eigenvalue weighted by molar-refractivity contribution is 6.30. The van der Waals surface area contributed by atoms with E-state index < -0.39 is 24.4 Å². The van der Waals surface area contributed by atoms with E-state index in [9.17, 15) is 23.1 Å². The van der Waals surface area contributed by atoms with Gasteiger partial charge >= 0.3 is 12.3 Å². The highest BCUT2D eigenvalue weighted by Gasteiger charge is 2.64. The van der Waals surface area contributed by atoms with Crippen LogP contribution in [0.1, 0.15) is 18.9 Å². The lowest BCUT2D eigenvalue weighted by molar-refractivity contribution is -0.299. The SMILES string of the molecule is CCOC(=O)N1N=C(c2ccc(Cl)cc2)C[C@]1(O)C(F)(F)F. The predicted molar refractivity (Wildman–Crippen MR) is 72.5 cm³/mol. The van der Waals surface area contributed by atoms with Crippen LogP contribution < -0.4 is 0 Å². The number of hydrogen-bond donors (Lipinski definition) is 1. The van der Waals surface area contributed by atoms with Crippen molar-refractivity contribution in [3.8, 4) is 0 Å². The van der Waals surface area contributed by atoms with Crippen molar-refractivity contribution in [1.29, 1.82) is 0 Å². The molecule has 2 rings (SSSR count). The molecule has 0 saturated carbocycles. The smallest absolute Gasteiger partial charge is 0.439 e. The van der Waals surface area contributed by atoms with E-state index in [1.807, 2.05) is 0 Å². The van der Waals surface area contributed by atoms with E-state index in [2.05, 4.69) is 9.84 Å². The molecule has 1 aromatic carbocycles. The summed E-state index contributed by atoms with van der Waals surface area (Å²) in [4.78, 5) is 11.7. The van der Waals surface area contributed by atoms with Crippen LogP contribution >= 0.6 is 11.6 Å². The van der Waals surface area contributed by atoms with Crippen molar-refractivity contribution in [2.24, 2.45) is 5.10 Å². The summed E-state index contributed by atoms with van der Waals surface area (Å²) in [6.45, 7) is 1.29. The van der Waals surface area contributed by atoms with Gasteiger partial charge in [-0.25, -0.2) is 4.79 Å². The quantitative estimate of drug-likeness (QED) is 0.902. The van der Waals surface area contributed by atoms with Crippen molar-refractivity contribution < 1.29 is 27.8 Å². The Balaban J connectivity index is 2.40. The molecule has 0 aromatic heterocycles. The van der Waals surface area contributed by atoms with Gasteiger partial charge in [0, 0.05) is 5.02 Å². The maximum atomic E-state index is 13.2. The largest absolute Gasteiger partial charge is 0.448 e. The molecule has 1 atom stereocenters. The first kappa shape index (κ1) is 16.6. The van der Waals surface area contributed by atoms with Crippen LogP contribution in [0.5, 0.6) is 0 Å². The molecule has 1 heterocycles. The standard InChI is InChI=1S/C13H12ClF3N2O3/c1-2-22-11(20)19-12(21,13(15,16)17)7-10(18-19)8-3-5-9(14)6-4-8/h3-6,21H,2,7H2,1H3/t12-/m0/s1. The summed E-state index contributed by atoms with van der Waals surface area (Å²) in [5.41, 5.74) is -3.21. The Labute approximate surface area is 128 Å². The molecule has 0 spiro atoms. The molecular weight excluding hydrogens is 325 g/mol. The first-order chi connectivity index (χ1) is 10.2. The second kappa shape index (κ2) is 5.77. The van der Waals surface area contributed by atoms with E-state index in [4.69, 9.17) is 11.6 Å². The van der Waals surface area contributed by atoms with Crippen LogP contribution in [0.15, 0.2) is 29.4 Å². The number of carbonyl (C=O) groups excluding carboxylic acids is 1. The van der Waals surface area contributed by atoms with Gasteiger partial charge in [-0.05, 0) is 24.6 Å². The molecule has 9 heteroatoms. The number of amides is 1. The lowest BCUT2D eigenvalue weighted by atomic mass is 10.0. The molecule has 1 aliphatic rings. The van der Waals surface area contributed by atoms with E-state index in [0.29, 0.717) is 10.6 Å². The Morgan fingerprint density at radius 2 is 2.05 bits per heavy atom. The Morgan fingerprint density at radius 3 is 2.55 bits per heavy atom. The minimum atomic E-state index is -5.09. The summed E-state index contributed by atoms with van der Waals surface area (Å²) in [6.07, 6.45) is -7.35. The molecule has 5 nitrogen and oxygen atoms in total. The van der Waals surface area contributed by atoms with E-state index in [1.165, 1.54) is 31.2 Å². The molecular formula is C13H12ClF3N2O3. The third-order valence-corrected chi connectivity index (χ3v) is 3.31. The fourth-order valence-corrected chi connectivity index (χ4v) is 2.07. The minimum absolute atomic E-state index is 0.0690. The molecule has 0 bridgehead atoms. The molecule has 0 fully saturated rings. The van der Waals surface area contributed by atoms with Crippen molar-refractivity contribution in [2.75, 3.05) is 6.61 Å². The zero-order valence-electron chi connectivity index (χ0n) is 11.4. The number of nitrogens with zero attached hydrogens (tertiary/aromatic N) is 2. The molecule has 1 aromatic rings. The monoisotopic (exact) mass is 336 g/mol. The summed E-state index contributed by atoms with van der Waals surface area (Å²) in [7, 11) is 0. The molecule has 120 valence electrons. The Morgan fingerprint density at radius 1 is 1.45 bits per heavy atom. The zero-order valence-corrected chi connectivity index (χ0v) is 12.1. The Hall–Kier alpha value is -1.80. The summed E-state index contributed by atoms with van der Waals surface area (Å²) in [5.74, 6) is 0. The van der Waals surface area contributed by atoms with Gasteiger partial charge in [-0.2, -0.15) is 23.3 Å². The van der Waals surface area contributed by atoms with Crippen LogP contribution in [0, 0.1) is 0 Å². The number of halogens is 4. The highest BCUT2D eigenvalue weighted by atomic mass is 35.5. The van der Waals surface area contributed by atoms with E-state index in [0.717, 1.165) is 0 Å². The molecule has 1 amide bonds. The molecule has 0 saturated heterocycles. The zero-order chi connectivity index (χ0) is 16.5. The number of rotatable bonds is 2. The van der Waals surface area contributed by atoms with Gasteiger partial charge in [-0.3, -0.25) is 0 Å². The van der Waals surface area contributed by atoms with Crippen LogP contribution in [0.25, 0.3) is 0 Å². The van der Waals surface area contributed by atoms with Gasteiger partial charge in [0.05, 0.1) is 18.7 Å². The molecule has 1 aliphatic heterocycles. The van der Waals surface area contributed by atoms with Gasteiger partial charge < -0.3 is 9.84 Å². The van der Waals surface area contributed by atoms with E-state index in [-0.39, 0.29) is 17.3 Å². The van der Waals surface area contributed by atoms with Crippen LogP contribution in [-0.4, -0.2) is 40.4 Å². The lowest BCUT2D eigenvalue weighted by Gasteiger charge is -2.31. The normalized spacial score (nSPS) is 21.7. The fraction of sp³-hybridized carbons (Fsp3) is 0.385. The molecule has 22 heavy (non-hydrogen) atoms. The number of ether oxygens (including phenoxy) is 1. The van der Waals surface area contributed by atoms with Crippen LogP contribution in [0.4, 0.5) is 18.0 Å². The number of hydrogen-bond acceptors (Lipinski definition) is 4. The van der Waals surface area contributed by atoms with Gasteiger partial charge in [0.25, 0.3) is 5.72 Å². The molecule has 0 aliphatic carbocycles. The van der Waals surface area contributed by atoms with Gasteiger partial charge in [0.15, 0.2) is 0 Å². The van der Waals surface area contributed by atoms with Gasteiger partial charge in [0.1, 0.15) is 0 Å². The second-order valence-corrected chi connectivity index (χ2v) is 4.99. The van der Waals surface area contributed by atoms with Crippen LogP contribution in [-0.2, 0) is 4.74 Å². The second-order valence-electron chi connectivity index (χ2n) is 4.56. The number of hydrazone groups is 1. The number of benzene rings is 1. The third-order valence-electron chi connectivity index (χ3n) is 3.06. The van der Waals surface area contributed by atoms with E-state index in [1.54, 1.807) is 0 Å². The van der Waals surface area contributed by atoms with Gasteiger partial charge in [0.2, 0.25) is 0 Å².